The van der Waals surface area contributed by atoms with E-state index in [2.05, 4.69) is 175 Å². The lowest BCUT2D eigenvalue weighted by Crippen LogP contribution is -2.46. The van der Waals surface area contributed by atoms with E-state index in [9.17, 15) is 20.2 Å². The Morgan fingerprint density at radius 3 is 0.840 bits per heavy atom. The van der Waals surface area contributed by atoms with Gasteiger partial charge in [-0.3, -0.25) is 20.2 Å². The molecule has 0 saturated carbocycles. The van der Waals surface area contributed by atoms with Crippen molar-refractivity contribution >= 4 is 110 Å². The first-order valence-corrected chi connectivity index (χ1v) is 27.7. The number of para-hydroxylation sites is 2. The third kappa shape index (κ3) is 7.58. The largest absolute Gasteiger partial charge is 0.349 e. The molecule has 12 aromatic rings. The van der Waals surface area contributed by atoms with Crippen molar-refractivity contribution in [2.24, 2.45) is 0 Å². The van der Waals surface area contributed by atoms with Crippen LogP contribution in [0, 0.1) is 20.2 Å². The van der Waals surface area contributed by atoms with Gasteiger partial charge in [0.05, 0.1) is 29.9 Å². The fraction of sp³-hybridized carbons (Fsp3) is 0.130. The van der Waals surface area contributed by atoms with Gasteiger partial charge in [-0.2, -0.15) is 0 Å². The van der Waals surface area contributed by atoms with E-state index >= 15 is 0 Å². The van der Waals surface area contributed by atoms with Crippen molar-refractivity contribution in [3.63, 3.8) is 0 Å². The molecular formula is C69H52N8O4. The molecule has 0 spiro atoms. The highest BCUT2D eigenvalue weighted by Gasteiger charge is 2.35. The van der Waals surface area contributed by atoms with E-state index in [0.717, 1.165) is 59.3 Å². The Morgan fingerprint density at radius 2 is 0.543 bits per heavy atom. The van der Waals surface area contributed by atoms with Crippen LogP contribution in [0.4, 0.5) is 45.5 Å². The summed E-state index contributed by atoms with van der Waals surface area (Å²) in [6, 6.07) is 72.2. The summed E-state index contributed by atoms with van der Waals surface area (Å²) in [6.45, 7) is 8.22. The SMILES string of the molecule is O=[N+]([O-])c1ccccc1.O=[N+]([O-])c1ccccc1.c1ccc2c3c(ccc2c1)N1Cc2cc4c5cc6c(cc5c5cc7c(cc5c4cc2N(C3)C1)CN1CN7Cc2c1ccc1ccccc21)CN1CN6Cc2c1ccc1ccccc21. The van der Waals surface area contributed by atoms with E-state index in [0.29, 0.717) is 0 Å². The summed E-state index contributed by atoms with van der Waals surface area (Å²) in [6.07, 6.45) is 0. The quantitative estimate of drug-likeness (QED) is 0.0944. The van der Waals surface area contributed by atoms with Crippen LogP contribution in [-0.2, 0) is 39.3 Å². The summed E-state index contributed by atoms with van der Waals surface area (Å²) in [5.74, 6) is 0. The van der Waals surface area contributed by atoms with Crippen LogP contribution < -0.4 is 29.4 Å². The first kappa shape index (κ1) is 46.9. The van der Waals surface area contributed by atoms with Crippen molar-refractivity contribution in [1.29, 1.82) is 0 Å². The van der Waals surface area contributed by atoms with Gasteiger partial charge in [0.15, 0.2) is 0 Å². The minimum atomic E-state index is -0.417. The Labute approximate surface area is 466 Å². The summed E-state index contributed by atoms with van der Waals surface area (Å²) in [7, 11) is 0. The van der Waals surface area contributed by atoms with Crippen molar-refractivity contribution in [3.8, 4) is 0 Å². The lowest BCUT2D eigenvalue weighted by Gasteiger charge is -2.46. The molecule has 6 aliphatic heterocycles. The number of anilines is 6. The summed E-state index contributed by atoms with van der Waals surface area (Å²) in [5.41, 5.74) is 17.2. The van der Waals surface area contributed by atoms with Gasteiger partial charge in [-0.05, 0) is 136 Å². The Morgan fingerprint density at radius 1 is 0.272 bits per heavy atom. The van der Waals surface area contributed by atoms with Crippen LogP contribution in [0.2, 0.25) is 0 Å². The van der Waals surface area contributed by atoms with E-state index < -0.39 is 9.85 Å². The predicted molar refractivity (Wildman–Crippen MR) is 329 cm³/mol. The van der Waals surface area contributed by atoms with Crippen molar-refractivity contribution in [1.82, 2.24) is 0 Å². The van der Waals surface area contributed by atoms with Gasteiger partial charge in [0.25, 0.3) is 11.4 Å². The molecule has 12 aromatic carbocycles. The van der Waals surface area contributed by atoms with Crippen LogP contribution in [-0.4, -0.2) is 29.9 Å². The van der Waals surface area contributed by atoms with E-state index in [1.54, 1.807) is 36.4 Å². The Balaban J connectivity index is 0.000000259. The molecule has 6 aliphatic rings. The number of nitro groups is 2. The molecule has 18 rings (SSSR count). The maximum absolute atomic E-state index is 10.0. The highest BCUT2D eigenvalue weighted by atomic mass is 16.6. The number of hydrogen-bond acceptors (Lipinski definition) is 10. The molecule has 81 heavy (non-hydrogen) atoms. The predicted octanol–water partition coefficient (Wildman–Crippen LogP) is 15.7. The Hall–Kier alpha value is -10.2. The minimum absolute atomic E-state index is 0.137. The molecule has 0 atom stereocenters. The number of hydrogen-bond donors (Lipinski definition) is 0. The fourth-order valence-electron chi connectivity index (χ4n) is 14.0. The zero-order valence-corrected chi connectivity index (χ0v) is 44.2. The smallest absolute Gasteiger partial charge is 0.269 e. The van der Waals surface area contributed by atoms with Gasteiger partial charge in [-0.25, -0.2) is 0 Å². The molecule has 0 amide bonds. The zero-order valence-electron chi connectivity index (χ0n) is 44.2. The molecule has 6 bridgehead atoms. The highest BCUT2D eigenvalue weighted by Crippen LogP contribution is 2.50. The molecule has 0 aliphatic carbocycles. The normalized spacial score (nSPS) is 15.0. The molecule has 12 nitrogen and oxygen atoms in total. The Kier molecular flexibility index (Phi) is 10.5. The second-order valence-corrected chi connectivity index (χ2v) is 22.2. The van der Waals surface area contributed by atoms with E-state index in [4.69, 9.17) is 0 Å². The summed E-state index contributed by atoms with van der Waals surface area (Å²) >= 11 is 0. The van der Waals surface area contributed by atoms with Crippen LogP contribution in [0.25, 0.3) is 64.6 Å². The number of fused-ring (bicyclic) bond motifs is 30. The van der Waals surface area contributed by atoms with Gasteiger partial charge in [-0.15, -0.1) is 0 Å². The number of non-ortho nitro benzene ring substituents is 2. The molecule has 0 fully saturated rings. The third-order valence-corrected chi connectivity index (χ3v) is 17.7. The van der Waals surface area contributed by atoms with Crippen molar-refractivity contribution in [2.75, 3.05) is 49.4 Å². The van der Waals surface area contributed by atoms with Gasteiger partial charge in [0, 0.05) is 114 Å². The van der Waals surface area contributed by atoms with E-state index in [-0.39, 0.29) is 11.4 Å². The van der Waals surface area contributed by atoms with Gasteiger partial charge >= 0.3 is 0 Å². The van der Waals surface area contributed by atoms with Crippen LogP contribution in [0.1, 0.15) is 33.4 Å². The molecule has 12 heteroatoms. The second kappa shape index (κ2) is 18.2. The number of rotatable bonds is 2. The second-order valence-electron chi connectivity index (χ2n) is 22.2. The standard InChI is InChI=1S/C57H42N6.2C6H5NO2/c1-4-10-40-34(7-1)13-16-52-49(40)28-61-31-58(52)25-37-19-43-46(22-55(37)61)44-20-38-26-59-32-63(30-51-42-12-6-3-8-35(42)14-17-53(51)59)57(38)24-48(44)45-21-39-27-60-33-62(56(39)23-47(43)45)29-50-41-11-5-2-9-36(41)15-18-54(50)60;2*8-7(9)6-4-2-1-3-5-6/h1-24H,25-33H2;2*1-5H. The van der Waals surface area contributed by atoms with Crippen LogP contribution in [0.15, 0.2) is 206 Å². The average Bonchev–Trinajstić information content (AvgIpc) is 3.31. The fourth-order valence-corrected chi connectivity index (χ4v) is 14.0. The van der Waals surface area contributed by atoms with Crippen LogP contribution >= 0.6 is 0 Å². The zero-order chi connectivity index (χ0) is 54.0. The van der Waals surface area contributed by atoms with Crippen molar-refractivity contribution < 1.29 is 9.85 Å². The van der Waals surface area contributed by atoms with Gasteiger partial charge in [0.1, 0.15) is 0 Å². The molecule has 0 radical (unpaired) electrons. The van der Waals surface area contributed by atoms with Gasteiger partial charge in [0.2, 0.25) is 0 Å². The average molecular weight is 1060 g/mol. The number of nitrogens with zero attached hydrogens (tertiary/aromatic N) is 8. The Bertz CT molecular complexity index is 4180. The summed E-state index contributed by atoms with van der Waals surface area (Å²) in [5, 5.41) is 36.3. The molecule has 0 saturated heterocycles. The van der Waals surface area contributed by atoms with Crippen LogP contribution in [0.3, 0.4) is 0 Å². The molecule has 0 N–H and O–H groups in total. The topological polar surface area (TPSA) is 106 Å². The molecule has 0 aromatic heterocycles. The molecule has 6 heterocycles. The lowest BCUT2D eigenvalue weighted by atomic mass is 9.87. The maximum atomic E-state index is 10.0. The third-order valence-electron chi connectivity index (χ3n) is 17.7. The van der Waals surface area contributed by atoms with E-state index in [1.165, 1.54) is 156 Å². The van der Waals surface area contributed by atoms with Crippen LogP contribution in [0.5, 0.6) is 0 Å². The lowest BCUT2D eigenvalue weighted by molar-refractivity contribution is -0.385. The van der Waals surface area contributed by atoms with Gasteiger partial charge in [-0.1, -0.05) is 127 Å². The van der Waals surface area contributed by atoms with E-state index in [1.807, 2.05) is 0 Å². The molecular weight excluding hydrogens is 1000 g/mol. The maximum Gasteiger partial charge on any atom is 0.269 e. The van der Waals surface area contributed by atoms with Crippen molar-refractivity contribution in [2.45, 2.75) is 39.3 Å². The van der Waals surface area contributed by atoms with Crippen molar-refractivity contribution in [3.05, 3.63) is 260 Å². The number of nitro benzene ring substituents is 2. The highest BCUT2D eigenvalue weighted by molar-refractivity contribution is 6.27. The number of benzene rings is 12. The first-order chi connectivity index (χ1) is 39.8. The first-order valence-electron chi connectivity index (χ1n) is 27.7. The monoisotopic (exact) mass is 1060 g/mol. The summed E-state index contributed by atoms with van der Waals surface area (Å²) in [4.78, 5) is 34.9. The molecule has 0 unspecified atom stereocenters. The minimum Gasteiger partial charge on any atom is -0.349 e. The van der Waals surface area contributed by atoms with Gasteiger partial charge < -0.3 is 29.4 Å². The summed E-state index contributed by atoms with van der Waals surface area (Å²) < 4.78 is 0. The molecule has 392 valence electrons.